The Balaban J connectivity index is 2.17. The predicted molar refractivity (Wildman–Crippen MR) is 82.5 cm³/mol. The summed E-state index contributed by atoms with van der Waals surface area (Å²) in [4.78, 5) is 0.0514. The van der Waals surface area contributed by atoms with E-state index in [1.54, 1.807) is 18.2 Å². The fourth-order valence-corrected chi connectivity index (χ4v) is 2.00. The first-order chi connectivity index (χ1) is 9.49. The maximum atomic E-state index is 14.1. The average Bonchev–Trinajstić information content (AvgIpc) is 2.41. The van der Waals surface area contributed by atoms with Gasteiger partial charge in [-0.3, -0.25) is 0 Å². The minimum Gasteiger partial charge on any atom is -0.489 e. The van der Waals surface area contributed by atoms with Gasteiger partial charge in [-0.25, -0.2) is 4.39 Å². The van der Waals surface area contributed by atoms with Crippen LogP contribution in [0.25, 0.3) is 0 Å². The van der Waals surface area contributed by atoms with E-state index >= 15 is 0 Å². The molecule has 0 aliphatic carbocycles. The Bertz CT molecular complexity index is 655. The highest BCUT2D eigenvalue weighted by Gasteiger charge is 2.10. The molecule has 2 rings (SSSR count). The van der Waals surface area contributed by atoms with Gasteiger partial charge in [0.25, 0.3) is 0 Å². The second-order valence-corrected chi connectivity index (χ2v) is 5.12. The van der Waals surface area contributed by atoms with Crippen molar-refractivity contribution in [2.24, 2.45) is 5.73 Å². The van der Waals surface area contributed by atoms with Gasteiger partial charge in [-0.05, 0) is 43.2 Å². The molecule has 0 fully saturated rings. The highest BCUT2D eigenvalue weighted by Crippen LogP contribution is 2.19. The van der Waals surface area contributed by atoms with E-state index < -0.39 is 5.82 Å². The Morgan fingerprint density at radius 1 is 1.20 bits per heavy atom. The topological polar surface area (TPSA) is 35.2 Å². The summed E-state index contributed by atoms with van der Waals surface area (Å²) in [6, 6.07) is 10.7. The first kappa shape index (κ1) is 14.5. The molecule has 0 bridgehead atoms. The van der Waals surface area contributed by atoms with Gasteiger partial charge < -0.3 is 10.5 Å². The molecule has 104 valence electrons. The number of halogens is 1. The number of aryl methyl sites for hydroxylation is 2. The molecule has 0 saturated carbocycles. The lowest BCUT2D eigenvalue weighted by atomic mass is 10.1. The van der Waals surface area contributed by atoms with Crippen molar-refractivity contribution in [2.45, 2.75) is 20.5 Å². The molecule has 0 aliphatic rings. The van der Waals surface area contributed by atoms with Crippen molar-refractivity contribution < 1.29 is 9.13 Å². The normalized spacial score (nSPS) is 10.3. The number of rotatable bonds is 4. The average molecular weight is 289 g/mol. The van der Waals surface area contributed by atoms with Crippen LogP contribution in [-0.4, -0.2) is 4.99 Å². The van der Waals surface area contributed by atoms with Crippen molar-refractivity contribution in [1.82, 2.24) is 0 Å². The van der Waals surface area contributed by atoms with Crippen LogP contribution < -0.4 is 10.5 Å². The number of hydrogen-bond acceptors (Lipinski definition) is 2. The lowest BCUT2D eigenvalue weighted by molar-refractivity contribution is 0.299. The summed E-state index contributed by atoms with van der Waals surface area (Å²) in [7, 11) is 0. The van der Waals surface area contributed by atoms with Crippen molar-refractivity contribution >= 4 is 17.2 Å². The van der Waals surface area contributed by atoms with E-state index in [2.05, 4.69) is 0 Å². The van der Waals surface area contributed by atoms with Crippen molar-refractivity contribution in [3.05, 3.63) is 64.5 Å². The minimum absolute atomic E-state index is 0.0514. The predicted octanol–water partition coefficient (Wildman–Crippen LogP) is 3.66. The van der Waals surface area contributed by atoms with Crippen LogP contribution in [0.1, 0.15) is 22.3 Å². The van der Waals surface area contributed by atoms with E-state index in [4.69, 9.17) is 22.7 Å². The van der Waals surface area contributed by atoms with Crippen LogP contribution >= 0.6 is 12.2 Å². The first-order valence-corrected chi connectivity index (χ1v) is 6.67. The summed E-state index contributed by atoms with van der Waals surface area (Å²) >= 11 is 4.82. The molecule has 0 amide bonds. The molecule has 0 unspecified atom stereocenters. The Morgan fingerprint density at radius 3 is 2.60 bits per heavy atom. The number of benzene rings is 2. The Hall–Kier alpha value is -1.94. The third kappa shape index (κ3) is 3.14. The number of thiocarbonyl (C=S) groups is 1. The fraction of sp³-hybridized carbons (Fsp3) is 0.188. The Morgan fingerprint density at radius 2 is 1.95 bits per heavy atom. The zero-order valence-corrected chi connectivity index (χ0v) is 12.3. The van der Waals surface area contributed by atoms with Gasteiger partial charge in [0.2, 0.25) is 0 Å². The lowest BCUT2D eigenvalue weighted by Gasteiger charge is -2.10. The number of ether oxygens (including phenoxy) is 1. The quantitative estimate of drug-likeness (QED) is 0.873. The van der Waals surface area contributed by atoms with Gasteiger partial charge in [-0.1, -0.05) is 30.4 Å². The van der Waals surface area contributed by atoms with Gasteiger partial charge in [0, 0.05) is 11.1 Å². The molecule has 2 aromatic carbocycles. The molecule has 0 aromatic heterocycles. The molecular formula is C16H16FNOS. The van der Waals surface area contributed by atoms with Gasteiger partial charge in [0.15, 0.2) is 0 Å². The van der Waals surface area contributed by atoms with E-state index in [9.17, 15) is 4.39 Å². The first-order valence-electron chi connectivity index (χ1n) is 6.26. The van der Waals surface area contributed by atoms with Gasteiger partial charge in [-0.2, -0.15) is 0 Å². The Labute approximate surface area is 123 Å². The van der Waals surface area contributed by atoms with Crippen molar-refractivity contribution in [2.75, 3.05) is 0 Å². The fourth-order valence-electron chi connectivity index (χ4n) is 1.85. The van der Waals surface area contributed by atoms with Crippen LogP contribution in [0.4, 0.5) is 4.39 Å². The number of hydrogen-bond donors (Lipinski definition) is 1. The molecule has 4 heteroatoms. The largest absolute Gasteiger partial charge is 0.489 e. The van der Waals surface area contributed by atoms with E-state index in [1.807, 2.05) is 32.0 Å². The SMILES string of the molecule is Cc1ccc(OCc2cccc(C(N)=S)c2F)cc1C. The number of nitrogens with two attached hydrogens (primary N) is 1. The van der Waals surface area contributed by atoms with E-state index in [1.165, 1.54) is 5.56 Å². The minimum atomic E-state index is -0.413. The van der Waals surface area contributed by atoms with E-state index in [0.717, 1.165) is 5.56 Å². The maximum absolute atomic E-state index is 14.1. The Kier molecular flexibility index (Phi) is 4.35. The molecular weight excluding hydrogens is 273 g/mol. The summed E-state index contributed by atoms with van der Waals surface area (Å²) in [5, 5.41) is 0. The van der Waals surface area contributed by atoms with Crippen LogP contribution in [0.5, 0.6) is 5.75 Å². The standard InChI is InChI=1S/C16H16FNOS/c1-10-6-7-13(8-11(10)2)19-9-12-4-3-5-14(15(12)17)16(18)20/h3-8H,9H2,1-2H3,(H2,18,20). The van der Waals surface area contributed by atoms with E-state index in [-0.39, 0.29) is 17.2 Å². The summed E-state index contributed by atoms with van der Waals surface area (Å²) in [6.07, 6.45) is 0. The molecule has 0 atom stereocenters. The summed E-state index contributed by atoms with van der Waals surface area (Å²) < 4.78 is 19.7. The summed E-state index contributed by atoms with van der Waals surface area (Å²) in [5.41, 5.74) is 8.50. The monoisotopic (exact) mass is 289 g/mol. The molecule has 2 N–H and O–H groups in total. The van der Waals surface area contributed by atoms with Crippen molar-refractivity contribution in [3.8, 4) is 5.75 Å². The molecule has 2 aromatic rings. The molecule has 0 saturated heterocycles. The van der Waals surface area contributed by atoms with Crippen LogP contribution in [-0.2, 0) is 6.61 Å². The van der Waals surface area contributed by atoms with Crippen LogP contribution in [0.3, 0.4) is 0 Å². The van der Waals surface area contributed by atoms with Gasteiger partial charge in [-0.15, -0.1) is 0 Å². The molecule has 0 spiro atoms. The second-order valence-electron chi connectivity index (χ2n) is 4.68. The highest BCUT2D eigenvalue weighted by molar-refractivity contribution is 7.80. The highest BCUT2D eigenvalue weighted by atomic mass is 32.1. The zero-order valence-electron chi connectivity index (χ0n) is 11.4. The molecule has 20 heavy (non-hydrogen) atoms. The van der Waals surface area contributed by atoms with E-state index in [0.29, 0.717) is 11.3 Å². The second kappa shape index (κ2) is 6.01. The zero-order chi connectivity index (χ0) is 14.7. The van der Waals surface area contributed by atoms with Gasteiger partial charge in [0.1, 0.15) is 23.2 Å². The van der Waals surface area contributed by atoms with Crippen molar-refractivity contribution in [3.63, 3.8) is 0 Å². The maximum Gasteiger partial charge on any atom is 0.139 e. The van der Waals surface area contributed by atoms with Crippen molar-refractivity contribution in [1.29, 1.82) is 0 Å². The van der Waals surface area contributed by atoms with Gasteiger partial charge >= 0.3 is 0 Å². The third-order valence-electron chi connectivity index (χ3n) is 3.22. The lowest BCUT2D eigenvalue weighted by Crippen LogP contribution is -2.13. The summed E-state index contributed by atoms with van der Waals surface area (Å²) in [6.45, 7) is 4.19. The van der Waals surface area contributed by atoms with Gasteiger partial charge in [0.05, 0.1) is 0 Å². The smallest absolute Gasteiger partial charge is 0.139 e. The molecule has 0 heterocycles. The van der Waals surface area contributed by atoms with Crippen LogP contribution in [0, 0.1) is 19.7 Å². The molecule has 0 radical (unpaired) electrons. The molecule has 0 aliphatic heterocycles. The molecule has 2 nitrogen and oxygen atoms in total. The summed E-state index contributed by atoms with van der Waals surface area (Å²) in [5.74, 6) is 0.303. The van der Waals surface area contributed by atoms with Crippen LogP contribution in [0.2, 0.25) is 0 Å². The third-order valence-corrected chi connectivity index (χ3v) is 3.44. The van der Waals surface area contributed by atoms with Crippen LogP contribution in [0.15, 0.2) is 36.4 Å².